The van der Waals surface area contributed by atoms with Crippen LogP contribution < -0.4 is 0 Å². The maximum atomic E-state index is 11.4. The predicted octanol–water partition coefficient (Wildman–Crippen LogP) is 0.510. The average Bonchev–Trinajstić information content (AvgIpc) is 1.79. The van der Waals surface area contributed by atoms with Gasteiger partial charge in [0.15, 0.2) is 0 Å². The summed E-state index contributed by atoms with van der Waals surface area (Å²) in [5, 5.41) is 0. The third-order valence-corrected chi connectivity index (χ3v) is 3.54. The molecule has 2 nitrogen and oxygen atoms in total. The van der Waals surface area contributed by atoms with Gasteiger partial charge in [0, 0.05) is 18.5 Å². The maximum absolute atomic E-state index is 11.4. The van der Waals surface area contributed by atoms with Gasteiger partial charge in [0.25, 0.3) is 0 Å². The summed E-state index contributed by atoms with van der Waals surface area (Å²) in [6.07, 6.45) is 0.832. The van der Waals surface area contributed by atoms with Gasteiger partial charge in [-0.15, -0.1) is 0 Å². The molecule has 1 aliphatic rings. The minimum absolute atomic E-state index is 0.575. The molecule has 1 fully saturated rings. The lowest BCUT2D eigenvalue weighted by Gasteiger charge is -2.29. The van der Waals surface area contributed by atoms with Crippen LogP contribution >= 0.6 is 0 Å². The summed E-state index contributed by atoms with van der Waals surface area (Å²) in [5.41, 5.74) is 1.07. The van der Waals surface area contributed by atoms with E-state index in [4.69, 9.17) is 0 Å². The van der Waals surface area contributed by atoms with Crippen molar-refractivity contribution in [2.24, 2.45) is 0 Å². The van der Waals surface area contributed by atoms with Gasteiger partial charge in [0.2, 0.25) is 0 Å². The van der Waals surface area contributed by atoms with Gasteiger partial charge >= 0.3 is 0 Å². The topological polar surface area (TPSA) is 20.3 Å². The zero-order chi connectivity index (χ0) is 7.78. The van der Waals surface area contributed by atoms with Gasteiger partial charge in [-0.3, -0.25) is 4.21 Å². The fourth-order valence-corrected chi connectivity index (χ4v) is 2.63. The highest BCUT2D eigenvalue weighted by atomic mass is 32.2. The van der Waals surface area contributed by atoms with Gasteiger partial charge < -0.3 is 4.90 Å². The lowest BCUT2D eigenvalue weighted by atomic mass is 10.3. The van der Waals surface area contributed by atoms with Crippen LogP contribution in [0.4, 0.5) is 0 Å². The first-order valence-electron chi connectivity index (χ1n) is 3.23. The molecule has 10 heavy (non-hydrogen) atoms. The molecule has 1 atom stereocenters. The van der Waals surface area contributed by atoms with Crippen molar-refractivity contribution in [3.63, 3.8) is 0 Å². The van der Waals surface area contributed by atoms with E-state index < -0.39 is 9.52 Å². The predicted molar refractivity (Wildman–Crippen MR) is 46.5 cm³/mol. The third-order valence-electron chi connectivity index (χ3n) is 1.73. The summed E-state index contributed by atoms with van der Waals surface area (Å²) >= 11 is 0. The monoisotopic (exact) mass is 159 g/mol. The van der Waals surface area contributed by atoms with E-state index in [2.05, 4.69) is 12.4 Å². The molecule has 1 aliphatic heterocycles. The Morgan fingerprint density at radius 2 is 2.30 bits per heavy atom. The molecule has 1 unspecified atom stereocenters. The molecule has 3 heteroatoms. The van der Waals surface area contributed by atoms with Gasteiger partial charge in [0.05, 0.1) is 5.88 Å². The van der Waals surface area contributed by atoms with E-state index in [1.54, 1.807) is 0 Å². The van der Waals surface area contributed by atoms with Gasteiger partial charge in [-0.2, -0.15) is 0 Å². The van der Waals surface area contributed by atoms with E-state index in [0.29, 0.717) is 11.6 Å². The van der Waals surface area contributed by atoms with E-state index >= 15 is 0 Å². The lowest BCUT2D eigenvalue weighted by molar-refractivity contribution is 0.457. The molecule has 0 saturated carbocycles. The summed E-state index contributed by atoms with van der Waals surface area (Å²) < 4.78 is 11.4. The summed E-state index contributed by atoms with van der Waals surface area (Å²) in [7, 11) is 0.109. The van der Waals surface area contributed by atoms with Crippen LogP contribution in [0, 0.1) is 0 Å². The van der Waals surface area contributed by atoms with Crippen molar-refractivity contribution in [2.75, 3.05) is 18.7 Å². The summed E-state index contributed by atoms with van der Waals surface area (Å²) in [6, 6.07) is 0. The number of rotatable bonds is 0. The van der Waals surface area contributed by atoms with E-state index in [-0.39, 0.29) is 0 Å². The standard InChI is InChI=1S/C7H13NOS/c1-7-4-5-10(3,9)6-8(7)2/h1,3-6H2,2H3. The molecule has 0 N–H and O–H groups in total. The van der Waals surface area contributed by atoms with Crippen LogP contribution in [-0.4, -0.2) is 33.7 Å². The molecular weight excluding hydrogens is 146 g/mol. The Kier molecular flexibility index (Phi) is 1.77. The van der Waals surface area contributed by atoms with Gasteiger partial charge in [-0.25, -0.2) is 0 Å². The van der Waals surface area contributed by atoms with Gasteiger partial charge in [0.1, 0.15) is 0 Å². The van der Waals surface area contributed by atoms with Crippen molar-refractivity contribution in [3.05, 3.63) is 12.3 Å². The van der Waals surface area contributed by atoms with Crippen molar-refractivity contribution in [1.29, 1.82) is 0 Å². The van der Waals surface area contributed by atoms with E-state index in [0.717, 1.165) is 12.1 Å². The first kappa shape index (κ1) is 7.66. The second-order valence-corrected chi connectivity index (χ2v) is 5.41. The molecular formula is C7H13NOS. The first-order valence-corrected chi connectivity index (χ1v) is 5.29. The van der Waals surface area contributed by atoms with Crippen LogP contribution in [-0.2, 0) is 9.52 Å². The third kappa shape index (κ3) is 1.53. The van der Waals surface area contributed by atoms with E-state index in [9.17, 15) is 4.21 Å². The summed E-state index contributed by atoms with van der Waals surface area (Å²) in [5.74, 6) is 4.94. The number of allylic oxidation sites excluding steroid dienone is 1. The second kappa shape index (κ2) is 2.31. The molecule has 1 rings (SSSR count). The van der Waals surface area contributed by atoms with Crippen LogP contribution in [0.3, 0.4) is 0 Å². The van der Waals surface area contributed by atoms with Crippen molar-refractivity contribution >= 4 is 15.4 Å². The highest BCUT2D eigenvalue weighted by molar-refractivity contribution is 8.00. The quantitative estimate of drug-likeness (QED) is 0.480. The van der Waals surface area contributed by atoms with Crippen LogP contribution in [0.2, 0.25) is 0 Å². The zero-order valence-electron chi connectivity index (χ0n) is 6.30. The molecule has 0 radical (unpaired) electrons. The Labute approximate surface area is 62.5 Å². The SMILES string of the molecule is C=C1CCS(=C)(=O)CN1C. The molecule has 0 spiro atoms. The first-order chi connectivity index (χ1) is 4.51. The fraction of sp³-hybridized carbons (Fsp3) is 0.571. The maximum Gasteiger partial charge on any atom is 0.0855 e. The van der Waals surface area contributed by atoms with Crippen molar-refractivity contribution in [3.8, 4) is 0 Å². The molecule has 1 heterocycles. The van der Waals surface area contributed by atoms with Crippen LogP contribution in [0.25, 0.3) is 0 Å². The zero-order valence-corrected chi connectivity index (χ0v) is 7.12. The number of nitrogens with zero attached hydrogens (tertiary/aromatic N) is 1. The van der Waals surface area contributed by atoms with Gasteiger partial charge in [-0.05, 0) is 21.8 Å². The Balaban J connectivity index is 2.76. The van der Waals surface area contributed by atoms with Crippen molar-refractivity contribution in [1.82, 2.24) is 4.90 Å². The van der Waals surface area contributed by atoms with E-state index in [1.165, 1.54) is 0 Å². The summed E-state index contributed by atoms with van der Waals surface area (Å²) in [4.78, 5) is 1.93. The largest absolute Gasteiger partial charge is 0.367 e. The lowest BCUT2D eigenvalue weighted by Crippen LogP contribution is -2.32. The van der Waals surface area contributed by atoms with Crippen LogP contribution in [0.15, 0.2) is 12.3 Å². The van der Waals surface area contributed by atoms with Crippen LogP contribution in [0.1, 0.15) is 6.42 Å². The molecule has 0 bridgehead atoms. The Bertz CT molecular complexity index is 240. The number of hydrogen-bond acceptors (Lipinski definition) is 2. The Hall–Kier alpha value is -0.440. The molecule has 0 aliphatic carbocycles. The second-order valence-electron chi connectivity index (χ2n) is 2.81. The van der Waals surface area contributed by atoms with Crippen LogP contribution in [0.5, 0.6) is 0 Å². The minimum atomic E-state index is -1.80. The Morgan fingerprint density at radius 1 is 1.70 bits per heavy atom. The fourth-order valence-electron chi connectivity index (χ4n) is 1.00. The number of hydrogen-bond donors (Lipinski definition) is 0. The normalized spacial score (nSPS) is 34.5. The molecule has 0 aromatic carbocycles. The average molecular weight is 159 g/mol. The molecule has 1 saturated heterocycles. The molecule has 0 aromatic rings. The summed E-state index contributed by atoms with van der Waals surface area (Å²) in [6.45, 7) is 3.83. The van der Waals surface area contributed by atoms with Crippen molar-refractivity contribution < 1.29 is 4.21 Å². The minimum Gasteiger partial charge on any atom is -0.367 e. The highest BCUT2D eigenvalue weighted by Gasteiger charge is 2.16. The van der Waals surface area contributed by atoms with Gasteiger partial charge in [-0.1, -0.05) is 6.58 Å². The Morgan fingerprint density at radius 3 is 2.70 bits per heavy atom. The molecule has 0 aromatic heterocycles. The molecule has 0 amide bonds. The highest BCUT2D eigenvalue weighted by Crippen LogP contribution is 2.14. The molecule has 58 valence electrons. The smallest absolute Gasteiger partial charge is 0.0855 e. The van der Waals surface area contributed by atoms with Crippen molar-refractivity contribution in [2.45, 2.75) is 6.42 Å². The van der Waals surface area contributed by atoms with E-state index in [1.807, 2.05) is 11.9 Å².